The summed E-state index contributed by atoms with van der Waals surface area (Å²) in [6.45, 7) is 0.428. The number of hydrogen-bond donors (Lipinski definition) is 1. The van der Waals surface area contributed by atoms with Crippen LogP contribution in [-0.2, 0) is 6.54 Å². The molecule has 0 amide bonds. The van der Waals surface area contributed by atoms with E-state index in [1.165, 1.54) is 23.1 Å². The van der Waals surface area contributed by atoms with Gasteiger partial charge in [0.15, 0.2) is 9.50 Å². The quantitative estimate of drug-likeness (QED) is 0.297. The van der Waals surface area contributed by atoms with E-state index in [9.17, 15) is 10.1 Å². The van der Waals surface area contributed by atoms with Gasteiger partial charge in [0.2, 0.25) is 5.17 Å². The Morgan fingerprint density at radius 1 is 1.93 bits per heavy atom. The summed E-state index contributed by atoms with van der Waals surface area (Å²) < 4.78 is 0.448. The normalized spacial score (nSPS) is 11.5. The van der Waals surface area contributed by atoms with Crippen molar-refractivity contribution < 1.29 is 5.03 Å². The third-order valence-corrected chi connectivity index (χ3v) is 3.03. The van der Waals surface area contributed by atoms with Gasteiger partial charge in [0.05, 0.1) is 11.6 Å². The van der Waals surface area contributed by atoms with Gasteiger partial charge in [-0.05, 0) is 6.26 Å². The van der Waals surface area contributed by atoms with Crippen molar-refractivity contribution in [2.24, 2.45) is 5.10 Å². The van der Waals surface area contributed by atoms with Crippen molar-refractivity contribution in [1.82, 2.24) is 10.3 Å². The Balaban J connectivity index is 2.51. The Bertz CT molecular complexity index is 381. The topological polar surface area (TPSA) is 80.4 Å². The van der Waals surface area contributed by atoms with Gasteiger partial charge in [-0.25, -0.2) is 15.1 Å². The minimum atomic E-state index is -0.738. The third-order valence-electron chi connectivity index (χ3n) is 1.31. The van der Waals surface area contributed by atoms with Crippen molar-refractivity contribution in [3.8, 4) is 0 Å². The fourth-order valence-corrected chi connectivity index (χ4v) is 2.03. The van der Waals surface area contributed by atoms with Gasteiger partial charge in [-0.2, -0.15) is 0 Å². The maximum atomic E-state index is 10.1. The largest absolute Gasteiger partial charge is 0.355 e. The summed E-state index contributed by atoms with van der Waals surface area (Å²) in [5, 5.41) is 15.6. The lowest BCUT2D eigenvalue weighted by molar-refractivity contribution is -0.484. The zero-order valence-electron chi connectivity index (χ0n) is 7.64. The number of amidine groups is 1. The molecule has 1 rings (SSSR count). The van der Waals surface area contributed by atoms with E-state index in [4.69, 9.17) is 11.6 Å². The summed E-state index contributed by atoms with van der Waals surface area (Å²) in [6.07, 6.45) is 3.32. The average molecular weight is 268 g/mol. The van der Waals surface area contributed by atoms with Gasteiger partial charge >= 0.3 is 0 Å². The highest BCUT2D eigenvalue weighted by Crippen LogP contribution is 2.17. The lowest BCUT2D eigenvalue weighted by atomic mass is 10.6. The van der Waals surface area contributed by atoms with Crippen LogP contribution in [0.4, 0.5) is 0 Å². The Hall–Kier alpha value is -0.860. The molecule has 1 aromatic rings. The van der Waals surface area contributed by atoms with E-state index in [2.05, 4.69) is 15.4 Å². The molecule has 0 aromatic carbocycles. The molecule has 6 nitrogen and oxygen atoms in total. The molecule has 0 atom stereocenters. The second kappa shape index (κ2) is 5.89. The lowest BCUT2D eigenvalue weighted by Crippen LogP contribution is -2.20. The van der Waals surface area contributed by atoms with Gasteiger partial charge in [-0.1, -0.05) is 23.4 Å². The van der Waals surface area contributed by atoms with Gasteiger partial charge in [0.25, 0.3) is 0 Å². The summed E-state index contributed by atoms with van der Waals surface area (Å²) in [5.41, 5.74) is 0. The first-order valence-corrected chi connectivity index (χ1v) is 6.15. The van der Waals surface area contributed by atoms with Crippen LogP contribution in [0.1, 0.15) is 4.88 Å². The van der Waals surface area contributed by atoms with Crippen LogP contribution in [0.25, 0.3) is 0 Å². The molecule has 0 fully saturated rings. The molecule has 0 aliphatic carbocycles. The third kappa shape index (κ3) is 4.45. The van der Waals surface area contributed by atoms with E-state index in [0.717, 1.165) is 4.88 Å². The number of hydrogen-bond acceptors (Lipinski definition) is 5. The van der Waals surface area contributed by atoms with Gasteiger partial charge in [0.1, 0.15) is 0 Å². The molecular formula is C6H7ClN4O2S2. The second-order valence-electron chi connectivity index (χ2n) is 2.28. The van der Waals surface area contributed by atoms with Crippen molar-refractivity contribution in [3.63, 3.8) is 0 Å². The number of nitro groups is 1. The van der Waals surface area contributed by atoms with Crippen LogP contribution in [-0.4, -0.2) is 21.4 Å². The highest BCUT2D eigenvalue weighted by Gasteiger charge is 2.04. The molecule has 0 saturated carbocycles. The Kier molecular flexibility index (Phi) is 4.79. The average Bonchev–Trinajstić information content (AvgIpc) is 2.58. The maximum Gasteiger partial charge on any atom is 0.235 e. The summed E-state index contributed by atoms with van der Waals surface area (Å²) >= 11 is 8.12. The first-order valence-electron chi connectivity index (χ1n) is 3.73. The molecule has 0 aliphatic rings. The number of thioether (sulfide) groups is 1. The summed E-state index contributed by atoms with van der Waals surface area (Å²) in [7, 11) is 0. The van der Waals surface area contributed by atoms with Crippen LogP contribution in [0.2, 0.25) is 4.47 Å². The minimum absolute atomic E-state index is 0.254. The number of nitrogens with zero attached hydrogens (tertiary/aromatic N) is 3. The predicted molar refractivity (Wildman–Crippen MR) is 61.9 cm³/mol. The first kappa shape index (κ1) is 12.2. The summed E-state index contributed by atoms with van der Waals surface area (Å²) in [6, 6.07) is 0. The van der Waals surface area contributed by atoms with Gasteiger partial charge in [0, 0.05) is 11.1 Å². The van der Waals surface area contributed by atoms with E-state index in [1.54, 1.807) is 12.5 Å². The highest BCUT2D eigenvalue weighted by atomic mass is 35.5. The predicted octanol–water partition coefficient (Wildman–Crippen LogP) is 1.80. The molecule has 15 heavy (non-hydrogen) atoms. The molecule has 0 aliphatic heterocycles. The van der Waals surface area contributed by atoms with E-state index in [1.807, 2.05) is 0 Å². The van der Waals surface area contributed by atoms with E-state index >= 15 is 0 Å². The molecule has 9 heteroatoms. The standard InChI is InChI=1S/C6H7ClN4O2S2/c1-14-6(10-11(12)13)9-3-4-2-8-5(7)15-4/h2H,3H2,1H3,(H,9,10)/i6+1. The maximum absolute atomic E-state index is 10.1. The van der Waals surface area contributed by atoms with Crippen LogP contribution >= 0.6 is 34.7 Å². The van der Waals surface area contributed by atoms with Crippen LogP contribution in [0.5, 0.6) is 0 Å². The smallest absolute Gasteiger partial charge is 0.235 e. The van der Waals surface area contributed by atoms with E-state index in [-0.39, 0.29) is 5.17 Å². The number of hydrazone groups is 1. The van der Waals surface area contributed by atoms with Gasteiger partial charge in [-0.15, -0.1) is 11.3 Å². The van der Waals surface area contributed by atoms with Crippen molar-refractivity contribution >= 4 is 39.9 Å². The van der Waals surface area contributed by atoms with Crippen molar-refractivity contribution in [3.05, 3.63) is 25.7 Å². The Morgan fingerprint density at radius 3 is 3.13 bits per heavy atom. The Morgan fingerprint density at radius 2 is 2.67 bits per heavy atom. The molecule has 82 valence electrons. The van der Waals surface area contributed by atoms with Crippen LogP contribution in [0.15, 0.2) is 11.3 Å². The molecule has 0 radical (unpaired) electrons. The van der Waals surface area contributed by atoms with Crippen molar-refractivity contribution in [2.45, 2.75) is 6.54 Å². The molecule has 0 saturated heterocycles. The minimum Gasteiger partial charge on any atom is -0.355 e. The summed E-state index contributed by atoms with van der Waals surface area (Å²) in [5.74, 6) is 0. The number of thiazole rings is 1. The molecule has 1 aromatic heterocycles. The van der Waals surface area contributed by atoms with E-state index < -0.39 is 5.03 Å². The summed E-state index contributed by atoms with van der Waals surface area (Å²) in [4.78, 5) is 14.9. The molecule has 1 heterocycles. The number of rotatable bonds is 3. The number of aromatic nitrogens is 1. The van der Waals surface area contributed by atoms with Crippen LogP contribution < -0.4 is 5.32 Å². The van der Waals surface area contributed by atoms with Crippen LogP contribution in [0.3, 0.4) is 0 Å². The van der Waals surface area contributed by atoms with Gasteiger partial charge in [-0.3, -0.25) is 0 Å². The fraction of sp³-hybridized carbons (Fsp3) is 0.333. The zero-order chi connectivity index (χ0) is 11.3. The molecule has 0 bridgehead atoms. The van der Waals surface area contributed by atoms with Crippen molar-refractivity contribution in [2.75, 3.05) is 6.26 Å². The number of nitrogens with one attached hydrogen (secondary N) is 1. The molecule has 0 spiro atoms. The highest BCUT2D eigenvalue weighted by molar-refractivity contribution is 8.13. The SMILES string of the molecule is CS/[13C](=N\[N+](=O)[O-])NCc1cnc(Cl)s1. The monoisotopic (exact) mass is 267 g/mol. The fourth-order valence-electron chi connectivity index (χ4n) is 0.751. The van der Waals surface area contributed by atoms with E-state index in [0.29, 0.717) is 11.0 Å². The van der Waals surface area contributed by atoms with Crippen LogP contribution in [0, 0.1) is 10.1 Å². The van der Waals surface area contributed by atoms with Crippen molar-refractivity contribution in [1.29, 1.82) is 0 Å². The molecule has 0 unspecified atom stereocenters. The lowest BCUT2D eigenvalue weighted by Gasteiger charge is -2.00. The zero-order valence-corrected chi connectivity index (χ0v) is 10.0. The van der Waals surface area contributed by atoms with Gasteiger partial charge < -0.3 is 5.32 Å². The number of halogens is 1. The Labute approximate surface area is 98.9 Å². The molecular weight excluding hydrogens is 261 g/mol. The second-order valence-corrected chi connectivity index (χ2v) is 4.77. The molecule has 1 N–H and O–H groups in total. The first-order chi connectivity index (χ1) is 7.11.